The molecule has 0 bridgehead atoms. The summed E-state index contributed by atoms with van der Waals surface area (Å²) < 4.78 is 0. The molecule has 3 heterocycles. The van der Waals surface area contributed by atoms with Crippen LogP contribution >= 0.6 is 0 Å². The average molecular weight is 326 g/mol. The van der Waals surface area contributed by atoms with E-state index < -0.39 is 0 Å². The van der Waals surface area contributed by atoms with Crippen molar-refractivity contribution >= 4 is 22.8 Å². The number of aromatic nitrogens is 3. The Morgan fingerprint density at radius 2 is 2.42 bits per heavy atom. The fraction of sp³-hybridized carbons (Fsp3) is 0.529. The number of amides is 1. The molecule has 1 N–H and O–H groups in total. The van der Waals surface area contributed by atoms with Crippen LogP contribution in [0.3, 0.4) is 0 Å². The highest BCUT2D eigenvalue weighted by Gasteiger charge is 2.30. The molecule has 1 amide bonds. The van der Waals surface area contributed by atoms with Crippen LogP contribution in [0.25, 0.3) is 11.0 Å². The molecule has 7 heteroatoms. The van der Waals surface area contributed by atoms with Crippen LogP contribution in [0.4, 0.5) is 5.82 Å². The van der Waals surface area contributed by atoms with Gasteiger partial charge in [-0.2, -0.15) is 5.26 Å². The van der Waals surface area contributed by atoms with Crippen LogP contribution in [0.5, 0.6) is 0 Å². The summed E-state index contributed by atoms with van der Waals surface area (Å²) in [7, 11) is 1.77. The van der Waals surface area contributed by atoms with Crippen LogP contribution in [-0.2, 0) is 4.79 Å². The van der Waals surface area contributed by atoms with Crippen molar-refractivity contribution in [3.05, 3.63) is 18.6 Å². The van der Waals surface area contributed by atoms with E-state index in [1.54, 1.807) is 18.3 Å². The summed E-state index contributed by atoms with van der Waals surface area (Å²) in [5.41, 5.74) is 0.860. The molecule has 1 aliphatic rings. The number of aromatic amines is 1. The summed E-state index contributed by atoms with van der Waals surface area (Å²) in [5.74, 6) is 1.76. The molecule has 2 aromatic rings. The van der Waals surface area contributed by atoms with Gasteiger partial charge in [0.05, 0.1) is 11.5 Å². The number of nitrogens with zero attached hydrogens (tertiary/aromatic N) is 5. The molecule has 2 atom stereocenters. The zero-order valence-electron chi connectivity index (χ0n) is 14.1. The second-order valence-corrected chi connectivity index (χ2v) is 6.52. The Bertz CT molecular complexity index is 764. The molecular formula is C17H22N6O. The smallest absolute Gasteiger partial charge is 0.236 e. The number of carbonyl (C=O) groups excluding carboxylic acids is 1. The Balaban J connectivity index is 1.64. The lowest BCUT2D eigenvalue weighted by molar-refractivity contribution is -0.129. The van der Waals surface area contributed by atoms with Crippen LogP contribution in [0, 0.1) is 23.2 Å². The minimum atomic E-state index is -0.107. The molecule has 1 saturated heterocycles. The van der Waals surface area contributed by atoms with Crippen molar-refractivity contribution in [2.45, 2.75) is 19.8 Å². The molecule has 0 radical (unpaired) electrons. The van der Waals surface area contributed by atoms with Crippen LogP contribution in [0.1, 0.15) is 19.8 Å². The van der Waals surface area contributed by atoms with E-state index >= 15 is 0 Å². The predicted octanol–water partition coefficient (Wildman–Crippen LogP) is 1.79. The van der Waals surface area contributed by atoms with E-state index in [0.29, 0.717) is 18.4 Å². The number of rotatable bonds is 5. The van der Waals surface area contributed by atoms with E-state index in [1.165, 1.54) is 0 Å². The standard InChI is InChI=1S/C17H22N6O/c1-12(9-22(2)15(24)3-6-18)13-5-8-23(10-13)17-14-4-7-19-16(14)20-11-21-17/h4,7,11-13H,3,5,8-10H2,1-2H3,(H,19,20,21). The van der Waals surface area contributed by atoms with Crippen molar-refractivity contribution in [2.24, 2.45) is 11.8 Å². The van der Waals surface area contributed by atoms with Crippen molar-refractivity contribution in [1.82, 2.24) is 19.9 Å². The third kappa shape index (κ3) is 3.18. The van der Waals surface area contributed by atoms with Crippen molar-refractivity contribution in [2.75, 3.05) is 31.6 Å². The summed E-state index contributed by atoms with van der Waals surface area (Å²) in [6, 6.07) is 3.93. The fourth-order valence-corrected chi connectivity index (χ4v) is 3.44. The number of nitriles is 1. The van der Waals surface area contributed by atoms with E-state index in [2.05, 4.69) is 26.8 Å². The first kappa shape index (κ1) is 16.2. The highest BCUT2D eigenvalue weighted by Crippen LogP contribution is 2.31. The van der Waals surface area contributed by atoms with Crippen LogP contribution in [0.15, 0.2) is 18.6 Å². The first-order valence-electron chi connectivity index (χ1n) is 8.24. The second-order valence-electron chi connectivity index (χ2n) is 6.52. The summed E-state index contributed by atoms with van der Waals surface area (Å²) in [6.07, 6.45) is 4.51. The van der Waals surface area contributed by atoms with Gasteiger partial charge >= 0.3 is 0 Å². The Hall–Kier alpha value is -2.62. The molecule has 24 heavy (non-hydrogen) atoms. The van der Waals surface area contributed by atoms with E-state index in [-0.39, 0.29) is 12.3 Å². The predicted molar refractivity (Wildman–Crippen MR) is 91.2 cm³/mol. The Labute approximate surface area is 141 Å². The second kappa shape index (κ2) is 6.87. The van der Waals surface area contributed by atoms with Gasteiger partial charge in [-0.15, -0.1) is 0 Å². The molecule has 1 fully saturated rings. The zero-order chi connectivity index (χ0) is 17.1. The number of nitrogens with one attached hydrogen (secondary N) is 1. The van der Waals surface area contributed by atoms with Crippen molar-refractivity contribution in [3.8, 4) is 6.07 Å². The first-order chi connectivity index (χ1) is 11.6. The van der Waals surface area contributed by atoms with Gasteiger partial charge < -0.3 is 14.8 Å². The SMILES string of the molecule is CC(CN(C)C(=O)CC#N)C1CCN(c2ncnc3[nH]ccc23)C1. The van der Waals surface area contributed by atoms with Gasteiger partial charge in [0.1, 0.15) is 24.2 Å². The van der Waals surface area contributed by atoms with Gasteiger partial charge in [-0.3, -0.25) is 4.79 Å². The molecule has 126 valence electrons. The molecule has 2 unspecified atom stereocenters. The number of carbonyl (C=O) groups is 1. The van der Waals surface area contributed by atoms with Crippen LogP contribution < -0.4 is 4.90 Å². The molecule has 3 rings (SSSR count). The van der Waals surface area contributed by atoms with Crippen molar-refractivity contribution < 1.29 is 4.79 Å². The number of H-pyrrole nitrogens is 1. The summed E-state index contributed by atoms with van der Waals surface area (Å²) in [6.45, 7) is 4.75. The van der Waals surface area contributed by atoms with E-state index in [4.69, 9.17) is 5.26 Å². The molecule has 0 spiro atoms. The lowest BCUT2D eigenvalue weighted by atomic mass is 9.93. The molecule has 0 saturated carbocycles. The number of fused-ring (bicyclic) bond motifs is 1. The van der Waals surface area contributed by atoms with Gasteiger partial charge in [-0.1, -0.05) is 6.92 Å². The van der Waals surface area contributed by atoms with E-state index in [9.17, 15) is 4.79 Å². The van der Waals surface area contributed by atoms with Gasteiger partial charge in [-0.25, -0.2) is 9.97 Å². The first-order valence-corrected chi connectivity index (χ1v) is 8.24. The Morgan fingerprint density at radius 3 is 3.21 bits per heavy atom. The largest absolute Gasteiger partial charge is 0.356 e. The highest BCUT2D eigenvalue weighted by atomic mass is 16.2. The van der Waals surface area contributed by atoms with Gasteiger partial charge in [0.2, 0.25) is 5.91 Å². The Morgan fingerprint density at radius 1 is 1.58 bits per heavy atom. The molecular weight excluding hydrogens is 304 g/mol. The third-order valence-corrected chi connectivity index (χ3v) is 4.88. The van der Waals surface area contributed by atoms with Gasteiger partial charge in [0.15, 0.2) is 0 Å². The topological polar surface area (TPSA) is 88.9 Å². The lowest BCUT2D eigenvalue weighted by Gasteiger charge is -2.25. The number of anilines is 1. The zero-order valence-corrected chi connectivity index (χ0v) is 14.1. The molecule has 7 nitrogen and oxygen atoms in total. The lowest BCUT2D eigenvalue weighted by Crippen LogP contribution is -2.34. The van der Waals surface area contributed by atoms with Crippen molar-refractivity contribution in [1.29, 1.82) is 5.26 Å². The van der Waals surface area contributed by atoms with E-state index in [1.807, 2.05) is 18.3 Å². The molecule has 2 aromatic heterocycles. The minimum Gasteiger partial charge on any atom is -0.356 e. The number of hydrogen-bond donors (Lipinski definition) is 1. The normalized spacial score (nSPS) is 18.5. The summed E-state index contributed by atoms with van der Waals surface area (Å²) in [5, 5.41) is 9.69. The maximum absolute atomic E-state index is 11.8. The maximum Gasteiger partial charge on any atom is 0.236 e. The van der Waals surface area contributed by atoms with Gasteiger partial charge in [0.25, 0.3) is 0 Å². The monoisotopic (exact) mass is 326 g/mol. The summed E-state index contributed by atoms with van der Waals surface area (Å²) >= 11 is 0. The minimum absolute atomic E-state index is 0.0492. The molecule has 0 aromatic carbocycles. The summed E-state index contributed by atoms with van der Waals surface area (Å²) in [4.78, 5) is 27.6. The molecule has 0 aliphatic carbocycles. The fourth-order valence-electron chi connectivity index (χ4n) is 3.44. The van der Waals surface area contributed by atoms with Crippen LogP contribution in [-0.4, -0.2) is 52.4 Å². The van der Waals surface area contributed by atoms with Crippen LogP contribution in [0.2, 0.25) is 0 Å². The number of hydrogen-bond acceptors (Lipinski definition) is 5. The quantitative estimate of drug-likeness (QED) is 0.905. The molecule has 1 aliphatic heterocycles. The van der Waals surface area contributed by atoms with E-state index in [0.717, 1.165) is 36.4 Å². The van der Waals surface area contributed by atoms with Crippen molar-refractivity contribution in [3.63, 3.8) is 0 Å². The highest BCUT2D eigenvalue weighted by molar-refractivity contribution is 5.87. The third-order valence-electron chi connectivity index (χ3n) is 4.88. The van der Waals surface area contributed by atoms with Gasteiger partial charge in [-0.05, 0) is 24.3 Å². The van der Waals surface area contributed by atoms with Gasteiger partial charge in [0, 0.05) is 32.9 Å². The average Bonchev–Trinajstić information content (AvgIpc) is 3.23. The Kier molecular flexibility index (Phi) is 4.65. The maximum atomic E-state index is 11.8.